The standard InChI is InChI=1S/C7H12Te/c1-7-5-3-2-4-6-8-7/h5H,2-4,6H2,1H3. The fourth-order valence-electron chi connectivity index (χ4n) is 0.844. The molecule has 1 heterocycles. The van der Waals surface area contributed by atoms with Crippen LogP contribution in [0.3, 0.4) is 0 Å². The van der Waals surface area contributed by atoms with E-state index in [9.17, 15) is 0 Å². The fourth-order valence-corrected chi connectivity index (χ4v) is 3.43. The van der Waals surface area contributed by atoms with Crippen molar-refractivity contribution in [3.8, 4) is 0 Å². The van der Waals surface area contributed by atoms with E-state index in [1.165, 1.54) is 19.3 Å². The van der Waals surface area contributed by atoms with Gasteiger partial charge in [0.15, 0.2) is 0 Å². The van der Waals surface area contributed by atoms with Gasteiger partial charge in [-0.2, -0.15) is 0 Å². The molecule has 1 aliphatic rings. The van der Waals surface area contributed by atoms with Crippen LogP contribution in [0.1, 0.15) is 26.2 Å². The molecule has 0 amide bonds. The van der Waals surface area contributed by atoms with Crippen molar-refractivity contribution in [2.75, 3.05) is 0 Å². The van der Waals surface area contributed by atoms with Crippen molar-refractivity contribution in [1.29, 1.82) is 0 Å². The molecule has 0 fully saturated rings. The molecular formula is C7H12Te. The van der Waals surface area contributed by atoms with Crippen LogP contribution in [0.15, 0.2) is 9.70 Å². The van der Waals surface area contributed by atoms with Crippen LogP contribution in [-0.4, -0.2) is 20.9 Å². The average molecular weight is 224 g/mol. The second-order valence-electron chi connectivity index (χ2n) is 2.16. The fraction of sp³-hybridized carbons (Fsp3) is 0.714. The van der Waals surface area contributed by atoms with Crippen LogP contribution in [-0.2, 0) is 0 Å². The summed E-state index contributed by atoms with van der Waals surface area (Å²) in [6.45, 7) is 2.30. The molecule has 0 aromatic rings. The zero-order valence-corrected chi connectivity index (χ0v) is 7.64. The van der Waals surface area contributed by atoms with Gasteiger partial charge in [0.1, 0.15) is 0 Å². The summed E-state index contributed by atoms with van der Waals surface area (Å²) in [7, 11) is 0. The van der Waals surface area contributed by atoms with Gasteiger partial charge in [-0.1, -0.05) is 0 Å². The summed E-state index contributed by atoms with van der Waals surface area (Å²) in [6, 6.07) is 0. The average Bonchev–Trinajstić information content (AvgIpc) is 1.94. The van der Waals surface area contributed by atoms with Gasteiger partial charge in [-0.15, -0.1) is 0 Å². The molecule has 0 aliphatic carbocycles. The van der Waals surface area contributed by atoms with E-state index in [1.54, 1.807) is 8.09 Å². The van der Waals surface area contributed by atoms with E-state index < -0.39 is 0 Å². The van der Waals surface area contributed by atoms with Crippen molar-refractivity contribution < 1.29 is 0 Å². The Morgan fingerprint density at radius 1 is 1.50 bits per heavy atom. The van der Waals surface area contributed by atoms with Crippen LogP contribution >= 0.6 is 0 Å². The molecule has 1 aliphatic heterocycles. The van der Waals surface area contributed by atoms with Gasteiger partial charge in [0, 0.05) is 0 Å². The first-order valence-corrected chi connectivity index (χ1v) is 6.00. The Morgan fingerprint density at radius 3 is 3.25 bits per heavy atom. The Hall–Kier alpha value is 0.530. The Kier molecular flexibility index (Phi) is 2.94. The molecule has 0 aromatic carbocycles. The molecule has 0 saturated carbocycles. The first-order chi connectivity index (χ1) is 3.89. The third kappa shape index (κ3) is 2.20. The number of rotatable bonds is 0. The van der Waals surface area contributed by atoms with Crippen molar-refractivity contribution in [2.24, 2.45) is 0 Å². The molecule has 0 saturated heterocycles. The summed E-state index contributed by atoms with van der Waals surface area (Å²) >= 11 is 0.329. The first kappa shape index (κ1) is 6.65. The van der Waals surface area contributed by atoms with E-state index in [1.807, 2.05) is 0 Å². The van der Waals surface area contributed by atoms with Crippen molar-refractivity contribution in [2.45, 2.75) is 30.7 Å². The number of allylic oxidation sites excluding steroid dienone is 2. The number of hydrogen-bond acceptors (Lipinski definition) is 0. The molecule has 1 rings (SSSR count). The second-order valence-corrected chi connectivity index (χ2v) is 5.99. The molecule has 0 radical (unpaired) electrons. The minimum atomic E-state index is 0.329. The minimum absolute atomic E-state index is 0.329. The van der Waals surface area contributed by atoms with E-state index in [0.717, 1.165) is 0 Å². The summed E-state index contributed by atoms with van der Waals surface area (Å²) in [5.74, 6) is 0. The molecule has 0 N–H and O–H groups in total. The quantitative estimate of drug-likeness (QED) is 0.553. The number of hydrogen-bond donors (Lipinski definition) is 0. The summed E-state index contributed by atoms with van der Waals surface area (Å²) < 4.78 is 3.28. The monoisotopic (exact) mass is 226 g/mol. The van der Waals surface area contributed by atoms with Gasteiger partial charge in [0.05, 0.1) is 0 Å². The summed E-state index contributed by atoms with van der Waals surface area (Å²) in [4.78, 5) is 0. The molecule has 0 spiro atoms. The first-order valence-electron chi connectivity index (χ1n) is 3.19. The van der Waals surface area contributed by atoms with Crippen LogP contribution in [0.2, 0.25) is 4.47 Å². The van der Waals surface area contributed by atoms with E-state index >= 15 is 0 Å². The van der Waals surface area contributed by atoms with Crippen molar-refractivity contribution in [3.05, 3.63) is 9.70 Å². The zero-order valence-electron chi connectivity index (χ0n) is 5.31. The van der Waals surface area contributed by atoms with E-state index in [-0.39, 0.29) is 0 Å². The topological polar surface area (TPSA) is 0 Å². The van der Waals surface area contributed by atoms with Crippen LogP contribution < -0.4 is 0 Å². The van der Waals surface area contributed by atoms with Crippen molar-refractivity contribution >= 4 is 20.9 Å². The van der Waals surface area contributed by atoms with E-state index in [4.69, 9.17) is 0 Å². The molecule has 0 nitrogen and oxygen atoms in total. The van der Waals surface area contributed by atoms with Gasteiger partial charge in [-0.25, -0.2) is 0 Å². The Morgan fingerprint density at radius 2 is 2.38 bits per heavy atom. The van der Waals surface area contributed by atoms with Gasteiger partial charge in [0.25, 0.3) is 0 Å². The van der Waals surface area contributed by atoms with E-state index in [0.29, 0.717) is 20.9 Å². The van der Waals surface area contributed by atoms with Gasteiger partial charge >= 0.3 is 61.3 Å². The van der Waals surface area contributed by atoms with Crippen molar-refractivity contribution in [3.63, 3.8) is 0 Å². The zero-order chi connectivity index (χ0) is 5.82. The third-order valence-electron chi connectivity index (χ3n) is 1.36. The Labute approximate surface area is 61.4 Å². The Bertz CT molecular complexity index is 94.6. The maximum atomic E-state index is 2.44. The predicted molar refractivity (Wildman–Crippen MR) is 38.2 cm³/mol. The predicted octanol–water partition coefficient (Wildman–Crippen LogP) is 2.20. The third-order valence-corrected chi connectivity index (χ3v) is 4.54. The van der Waals surface area contributed by atoms with Crippen molar-refractivity contribution in [1.82, 2.24) is 0 Å². The maximum absolute atomic E-state index is 2.44. The Balaban J connectivity index is 2.36. The van der Waals surface area contributed by atoms with Gasteiger partial charge in [0.2, 0.25) is 0 Å². The molecule has 1 heteroatoms. The van der Waals surface area contributed by atoms with Crippen LogP contribution in [0, 0.1) is 0 Å². The molecule has 0 bridgehead atoms. The normalized spacial score (nSPS) is 21.9. The summed E-state index contributed by atoms with van der Waals surface area (Å²) in [5, 5.41) is 0. The second kappa shape index (κ2) is 3.54. The molecular weight excluding hydrogens is 212 g/mol. The van der Waals surface area contributed by atoms with Gasteiger partial charge in [-0.3, -0.25) is 0 Å². The molecule has 46 valence electrons. The molecule has 0 aromatic heterocycles. The van der Waals surface area contributed by atoms with E-state index in [2.05, 4.69) is 13.0 Å². The van der Waals surface area contributed by atoms with Crippen LogP contribution in [0.4, 0.5) is 0 Å². The summed E-state index contributed by atoms with van der Waals surface area (Å²) in [6.07, 6.45) is 6.74. The SMILES string of the molecule is CC1=CCCCC[Te]1. The van der Waals surface area contributed by atoms with Gasteiger partial charge < -0.3 is 0 Å². The van der Waals surface area contributed by atoms with Gasteiger partial charge in [-0.05, 0) is 0 Å². The molecule has 0 unspecified atom stereocenters. The summed E-state index contributed by atoms with van der Waals surface area (Å²) in [5.41, 5.74) is 0. The molecule has 8 heavy (non-hydrogen) atoms. The molecule has 0 atom stereocenters. The van der Waals surface area contributed by atoms with Crippen LogP contribution in [0.5, 0.6) is 0 Å². The van der Waals surface area contributed by atoms with Crippen LogP contribution in [0.25, 0.3) is 0 Å².